The van der Waals surface area contributed by atoms with Crippen LogP contribution in [0.15, 0.2) is 24.3 Å². The third-order valence-corrected chi connectivity index (χ3v) is 6.03. The van der Waals surface area contributed by atoms with E-state index < -0.39 is 11.9 Å². The lowest BCUT2D eigenvalue weighted by Gasteiger charge is -2.04. The Balaban J connectivity index is 3.30. The molecule has 0 saturated heterocycles. The first-order valence-corrected chi connectivity index (χ1v) is 14.4. The second-order valence-corrected chi connectivity index (χ2v) is 9.35. The molecule has 0 fully saturated rings. The summed E-state index contributed by atoms with van der Waals surface area (Å²) in [4.78, 5) is 23.1. The van der Waals surface area contributed by atoms with Crippen molar-refractivity contribution in [3.8, 4) is 0 Å². The Morgan fingerprint density at radius 1 is 0.500 bits per heavy atom. The summed E-state index contributed by atoms with van der Waals surface area (Å²) in [5.74, 6) is -0.982. The van der Waals surface area contributed by atoms with E-state index in [1.54, 1.807) is 0 Å². The van der Waals surface area contributed by atoms with Gasteiger partial charge in [0, 0.05) is 12.2 Å². The fourth-order valence-corrected chi connectivity index (χ4v) is 3.92. The lowest BCUT2D eigenvalue weighted by atomic mass is 10.0. The van der Waals surface area contributed by atoms with Gasteiger partial charge in [0.25, 0.3) is 0 Å². The van der Waals surface area contributed by atoms with Gasteiger partial charge in [0.15, 0.2) is 0 Å². The Hall–Kier alpha value is -1.58. The number of carbonyl (C=O) groups is 2. The first kappa shape index (κ1) is 32.4. The Bertz CT molecular complexity index is 510. The van der Waals surface area contributed by atoms with Gasteiger partial charge in [-0.05, 0) is 19.3 Å². The topological polar surface area (TPSA) is 52.6 Å². The number of unbranched alkanes of at least 4 members (excludes halogenated alkanes) is 17. The Labute approximate surface area is 210 Å². The molecule has 0 atom stereocenters. The van der Waals surface area contributed by atoms with Crippen molar-refractivity contribution in [3.05, 3.63) is 24.3 Å². The van der Waals surface area contributed by atoms with Crippen LogP contribution in [0.2, 0.25) is 0 Å². The zero-order chi connectivity index (χ0) is 25.0. The minimum absolute atomic E-state index is 0.327. The fraction of sp³-hybridized carbons (Fsp3) is 0.800. The molecule has 198 valence electrons. The molecule has 0 aromatic heterocycles. The lowest BCUT2D eigenvalue weighted by Crippen LogP contribution is -2.06. The Kier molecular flexibility index (Phi) is 26.4. The molecule has 0 spiro atoms. The van der Waals surface area contributed by atoms with Gasteiger partial charge in [0.1, 0.15) is 0 Å². The molecule has 0 N–H and O–H groups in total. The molecule has 0 unspecified atom stereocenters. The van der Waals surface area contributed by atoms with Crippen molar-refractivity contribution in [2.45, 2.75) is 142 Å². The largest absolute Gasteiger partial charge is 0.463 e. The van der Waals surface area contributed by atoms with Crippen LogP contribution in [0.5, 0.6) is 0 Å². The molecule has 4 nitrogen and oxygen atoms in total. The highest BCUT2D eigenvalue weighted by Crippen LogP contribution is 2.14. The molecule has 0 radical (unpaired) electrons. The fourth-order valence-electron chi connectivity index (χ4n) is 3.92. The van der Waals surface area contributed by atoms with Gasteiger partial charge in [-0.1, -0.05) is 135 Å². The van der Waals surface area contributed by atoms with Gasteiger partial charge >= 0.3 is 11.9 Å². The molecular formula is C30H54O4. The summed E-state index contributed by atoms with van der Waals surface area (Å²) < 4.78 is 10.1. The molecule has 0 aliphatic carbocycles. The van der Waals surface area contributed by atoms with Crippen LogP contribution < -0.4 is 0 Å². The van der Waals surface area contributed by atoms with Crippen molar-refractivity contribution in [1.82, 2.24) is 0 Å². The molecular weight excluding hydrogens is 424 g/mol. The molecule has 0 rings (SSSR count). The number of hydrogen-bond donors (Lipinski definition) is 0. The van der Waals surface area contributed by atoms with Gasteiger partial charge in [-0.15, -0.1) is 0 Å². The van der Waals surface area contributed by atoms with Crippen molar-refractivity contribution >= 4 is 11.9 Å². The third-order valence-electron chi connectivity index (χ3n) is 6.03. The van der Waals surface area contributed by atoms with Crippen LogP contribution in [0.1, 0.15) is 142 Å². The van der Waals surface area contributed by atoms with Gasteiger partial charge < -0.3 is 9.47 Å². The molecule has 0 bridgehead atoms. The van der Waals surface area contributed by atoms with Crippen molar-refractivity contribution in [1.29, 1.82) is 0 Å². The molecule has 0 saturated carbocycles. The van der Waals surface area contributed by atoms with Crippen LogP contribution in [0.4, 0.5) is 0 Å². The molecule has 0 heterocycles. The summed E-state index contributed by atoms with van der Waals surface area (Å²) in [6, 6.07) is 0. The summed E-state index contributed by atoms with van der Waals surface area (Å²) in [6.07, 6.45) is 32.0. The van der Waals surface area contributed by atoms with Crippen molar-refractivity contribution < 1.29 is 19.1 Å². The van der Waals surface area contributed by atoms with E-state index in [9.17, 15) is 9.59 Å². The van der Waals surface area contributed by atoms with Gasteiger partial charge in [-0.25, -0.2) is 9.59 Å². The number of esters is 2. The van der Waals surface area contributed by atoms with Gasteiger partial charge in [-0.3, -0.25) is 0 Å². The normalized spacial score (nSPS) is 11.5. The predicted octanol–water partition coefficient (Wildman–Crippen LogP) is 9.03. The minimum Gasteiger partial charge on any atom is -0.463 e. The summed E-state index contributed by atoms with van der Waals surface area (Å²) in [6.45, 7) is 5.08. The maximum atomic E-state index is 11.6. The Morgan fingerprint density at radius 2 is 0.882 bits per heavy atom. The van der Waals surface area contributed by atoms with E-state index in [2.05, 4.69) is 13.8 Å². The first-order chi connectivity index (χ1) is 16.7. The summed E-state index contributed by atoms with van der Waals surface area (Å²) in [5.41, 5.74) is 0. The molecule has 34 heavy (non-hydrogen) atoms. The number of rotatable bonds is 25. The number of hydrogen-bond acceptors (Lipinski definition) is 4. The van der Waals surface area contributed by atoms with E-state index in [1.807, 2.05) is 12.2 Å². The second-order valence-electron chi connectivity index (χ2n) is 9.35. The highest BCUT2D eigenvalue weighted by atomic mass is 16.5. The molecule has 4 heteroatoms. The van der Waals surface area contributed by atoms with E-state index >= 15 is 0 Å². The van der Waals surface area contributed by atoms with Crippen molar-refractivity contribution in [3.63, 3.8) is 0 Å². The van der Waals surface area contributed by atoms with E-state index in [1.165, 1.54) is 103 Å². The standard InChI is InChI=1S/C30H54O4/c1-3-5-7-9-10-11-12-13-14-15-16-17-18-19-20-21-22-24-28-34-30(32)26-25-29(31)33-27-23-8-6-4-2/h6,8,25-26H,3-5,7,9-24,27-28H2,1-2H3/b8-6-,26-25+. The second kappa shape index (κ2) is 27.7. The Morgan fingerprint density at radius 3 is 1.29 bits per heavy atom. The predicted molar refractivity (Wildman–Crippen MR) is 144 cm³/mol. The van der Waals surface area contributed by atoms with E-state index in [-0.39, 0.29) is 0 Å². The number of allylic oxidation sites excluding steroid dienone is 1. The highest BCUT2D eigenvalue weighted by molar-refractivity contribution is 5.91. The van der Waals surface area contributed by atoms with Crippen LogP contribution in [-0.2, 0) is 19.1 Å². The maximum Gasteiger partial charge on any atom is 0.331 e. The zero-order valence-electron chi connectivity index (χ0n) is 22.5. The van der Waals surface area contributed by atoms with Gasteiger partial charge in [0.2, 0.25) is 0 Å². The monoisotopic (exact) mass is 478 g/mol. The van der Waals surface area contributed by atoms with Crippen molar-refractivity contribution in [2.24, 2.45) is 0 Å². The number of carbonyl (C=O) groups excluding carboxylic acids is 2. The summed E-state index contributed by atoms with van der Waals surface area (Å²) >= 11 is 0. The number of ether oxygens (including phenoxy) is 2. The van der Waals surface area contributed by atoms with Crippen LogP contribution in [0.25, 0.3) is 0 Å². The van der Waals surface area contributed by atoms with Gasteiger partial charge in [0.05, 0.1) is 13.2 Å². The first-order valence-electron chi connectivity index (χ1n) is 14.4. The SMILES string of the molecule is CC/C=C\CCOC(=O)/C=C/C(=O)OCCCCCCCCCCCCCCCCCCCC. The summed E-state index contributed by atoms with van der Waals surface area (Å²) in [5, 5.41) is 0. The van der Waals surface area contributed by atoms with Crippen LogP contribution in [-0.4, -0.2) is 25.2 Å². The molecule has 0 amide bonds. The summed E-state index contributed by atoms with van der Waals surface area (Å²) in [7, 11) is 0. The van der Waals surface area contributed by atoms with E-state index in [0.717, 1.165) is 31.4 Å². The molecule has 0 aliphatic rings. The minimum atomic E-state index is -0.505. The maximum absolute atomic E-state index is 11.6. The van der Waals surface area contributed by atoms with Crippen molar-refractivity contribution in [2.75, 3.05) is 13.2 Å². The highest BCUT2D eigenvalue weighted by Gasteiger charge is 2.01. The quantitative estimate of drug-likeness (QED) is 0.0568. The lowest BCUT2D eigenvalue weighted by molar-refractivity contribution is -0.140. The van der Waals surface area contributed by atoms with E-state index in [4.69, 9.17) is 9.47 Å². The smallest absolute Gasteiger partial charge is 0.331 e. The zero-order valence-corrected chi connectivity index (χ0v) is 22.5. The molecule has 0 aromatic rings. The van der Waals surface area contributed by atoms with Crippen LogP contribution in [0, 0.1) is 0 Å². The van der Waals surface area contributed by atoms with E-state index in [0.29, 0.717) is 19.6 Å². The average molecular weight is 479 g/mol. The third kappa shape index (κ3) is 26.7. The van der Waals surface area contributed by atoms with Gasteiger partial charge in [-0.2, -0.15) is 0 Å². The molecule has 0 aliphatic heterocycles. The average Bonchev–Trinajstić information content (AvgIpc) is 2.84. The van der Waals surface area contributed by atoms with Crippen LogP contribution >= 0.6 is 0 Å². The molecule has 0 aromatic carbocycles. The van der Waals surface area contributed by atoms with Crippen LogP contribution in [0.3, 0.4) is 0 Å².